The maximum absolute atomic E-state index is 5.66. The molecule has 3 heterocycles. The molecule has 0 fully saturated rings. The van der Waals surface area contributed by atoms with Crippen molar-refractivity contribution >= 4 is 33.1 Å². The van der Waals surface area contributed by atoms with E-state index in [0.717, 1.165) is 33.1 Å². The van der Waals surface area contributed by atoms with Gasteiger partial charge >= 0.3 is 0 Å². The smallest absolute Gasteiger partial charge is 0.208 e. The largest absolute Gasteiger partial charge is 0.436 e. The van der Waals surface area contributed by atoms with Gasteiger partial charge in [0.15, 0.2) is 5.58 Å². The third-order valence-electron chi connectivity index (χ3n) is 2.80. The molecule has 0 bridgehead atoms. The summed E-state index contributed by atoms with van der Waals surface area (Å²) in [5, 5.41) is 2.17. The molecule has 0 amide bonds. The molecule has 4 heteroatoms. The maximum atomic E-state index is 5.66. The molecule has 78 valence electrons. The van der Waals surface area contributed by atoms with E-state index in [2.05, 4.69) is 21.0 Å². The van der Waals surface area contributed by atoms with Crippen molar-refractivity contribution in [2.75, 3.05) is 0 Å². The minimum atomic E-state index is 0. The number of rotatable bonds is 0. The van der Waals surface area contributed by atoms with Gasteiger partial charge in [-0.3, -0.25) is 0 Å². The van der Waals surface area contributed by atoms with Gasteiger partial charge in [0.1, 0.15) is 11.8 Å². The molecular formula is C12H9N3O. The quantitative estimate of drug-likeness (QED) is 0.486. The lowest BCUT2D eigenvalue weighted by atomic mass is 10.2. The highest BCUT2D eigenvalue weighted by atomic mass is 16.3. The van der Waals surface area contributed by atoms with Crippen LogP contribution < -0.4 is 0 Å². The molecule has 0 aliphatic rings. The predicted molar refractivity (Wildman–Crippen MR) is 63.3 cm³/mol. The van der Waals surface area contributed by atoms with Crippen LogP contribution in [0.4, 0.5) is 0 Å². The van der Waals surface area contributed by atoms with Crippen molar-refractivity contribution in [3.8, 4) is 0 Å². The molecule has 0 unspecified atom stereocenters. The Morgan fingerprint density at radius 2 is 2.19 bits per heavy atom. The number of fused-ring (bicyclic) bond motifs is 5. The molecule has 4 aromatic rings. The highest BCUT2D eigenvalue weighted by Crippen LogP contribution is 2.32. The molecule has 1 aromatic carbocycles. The summed E-state index contributed by atoms with van der Waals surface area (Å²) in [7, 11) is 0. The van der Waals surface area contributed by atoms with Gasteiger partial charge in [-0.15, -0.1) is 0 Å². The van der Waals surface area contributed by atoms with Crippen molar-refractivity contribution < 1.29 is 5.84 Å². The molecule has 3 aromatic heterocycles. The van der Waals surface area contributed by atoms with E-state index in [-0.39, 0.29) is 1.43 Å². The van der Waals surface area contributed by atoms with Gasteiger partial charge in [0, 0.05) is 12.3 Å². The Bertz CT molecular complexity index is 753. The van der Waals surface area contributed by atoms with Crippen LogP contribution in [0.2, 0.25) is 0 Å². The van der Waals surface area contributed by atoms with E-state index in [4.69, 9.17) is 4.42 Å². The number of aromatic nitrogens is 3. The summed E-state index contributed by atoms with van der Waals surface area (Å²) >= 11 is 0. The second-order valence-electron chi connectivity index (χ2n) is 3.71. The molecular weight excluding hydrogens is 202 g/mol. The second kappa shape index (κ2) is 2.61. The Morgan fingerprint density at radius 3 is 3.19 bits per heavy atom. The highest BCUT2D eigenvalue weighted by molar-refractivity contribution is 6.17. The summed E-state index contributed by atoms with van der Waals surface area (Å²) in [5.74, 6) is 0. The summed E-state index contributed by atoms with van der Waals surface area (Å²) in [6.45, 7) is 0. The summed E-state index contributed by atoms with van der Waals surface area (Å²) in [5.41, 5.74) is 3.41. The fourth-order valence-electron chi connectivity index (χ4n) is 2.12. The number of para-hydroxylation sites is 1. The SMILES string of the molecule is [HH].c1ccc2c(c1)[nH]c1oc3cncnc3c12. The Hall–Kier alpha value is -2.36. The Kier molecular flexibility index (Phi) is 1.28. The summed E-state index contributed by atoms with van der Waals surface area (Å²) < 4.78 is 5.66. The predicted octanol–water partition coefficient (Wildman–Crippen LogP) is 3.10. The summed E-state index contributed by atoms with van der Waals surface area (Å²) in [6, 6.07) is 8.09. The van der Waals surface area contributed by atoms with E-state index < -0.39 is 0 Å². The maximum Gasteiger partial charge on any atom is 0.208 e. The van der Waals surface area contributed by atoms with Gasteiger partial charge in [0.25, 0.3) is 0 Å². The van der Waals surface area contributed by atoms with Crippen LogP contribution in [0.1, 0.15) is 1.43 Å². The number of furan rings is 1. The number of aromatic amines is 1. The van der Waals surface area contributed by atoms with Crippen LogP contribution >= 0.6 is 0 Å². The molecule has 4 nitrogen and oxygen atoms in total. The molecule has 0 atom stereocenters. The lowest BCUT2D eigenvalue weighted by Gasteiger charge is -1.89. The van der Waals surface area contributed by atoms with E-state index in [0.29, 0.717) is 0 Å². The fourth-order valence-corrected chi connectivity index (χ4v) is 2.12. The van der Waals surface area contributed by atoms with Crippen LogP contribution in [-0.2, 0) is 0 Å². The minimum absolute atomic E-state index is 0. The van der Waals surface area contributed by atoms with Crippen molar-refractivity contribution in [3.05, 3.63) is 36.8 Å². The topological polar surface area (TPSA) is 54.7 Å². The molecule has 0 saturated heterocycles. The van der Waals surface area contributed by atoms with Gasteiger partial charge in [-0.25, -0.2) is 9.97 Å². The van der Waals surface area contributed by atoms with E-state index >= 15 is 0 Å². The third kappa shape index (κ3) is 0.839. The normalized spacial score (nSPS) is 11.8. The highest BCUT2D eigenvalue weighted by Gasteiger charge is 2.13. The van der Waals surface area contributed by atoms with Gasteiger partial charge in [-0.05, 0) is 6.07 Å². The zero-order chi connectivity index (χ0) is 10.5. The van der Waals surface area contributed by atoms with Gasteiger partial charge < -0.3 is 9.40 Å². The van der Waals surface area contributed by atoms with Crippen molar-refractivity contribution in [3.63, 3.8) is 0 Å². The van der Waals surface area contributed by atoms with Crippen molar-refractivity contribution in [2.24, 2.45) is 0 Å². The molecule has 0 aliphatic heterocycles. The molecule has 0 spiro atoms. The second-order valence-corrected chi connectivity index (χ2v) is 3.71. The van der Waals surface area contributed by atoms with Crippen LogP contribution in [0, 0.1) is 0 Å². The molecule has 0 aliphatic carbocycles. The molecule has 1 N–H and O–H groups in total. The standard InChI is InChI=1S/C12H7N3O.H2/c1-2-4-8-7(3-1)10-11-9(5-13-6-14-11)16-12(10)15-8;/h1-6,15H;1H. The van der Waals surface area contributed by atoms with Crippen LogP contribution in [0.5, 0.6) is 0 Å². The third-order valence-corrected chi connectivity index (χ3v) is 2.80. The summed E-state index contributed by atoms with van der Waals surface area (Å²) in [6.07, 6.45) is 3.23. The number of H-pyrrole nitrogens is 1. The van der Waals surface area contributed by atoms with Crippen LogP contribution in [0.15, 0.2) is 41.2 Å². The monoisotopic (exact) mass is 211 g/mol. The van der Waals surface area contributed by atoms with E-state index in [1.54, 1.807) is 12.5 Å². The Morgan fingerprint density at radius 1 is 1.25 bits per heavy atom. The number of nitrogens with one attached hydrogen (secondary N) is 1. The number of hydrogen-bond donors (Lipinski definition) is 1. The van der Waals surface area contributed by atoms with Gasteiger partial charge in [0.2, 0.25) is 5.71 Å². The number of benzene rings is 1. The van der Waals surface area contributed by atoms with Gasteiger partial charge in [-0.1, -0.05) is 18.2 Å². The minimum Gasteiger partial charge on any atom is -0.436 e. The van der Waals surface area contributed by atoms with Crippen molar-refractivity contribution in [1.29, 1.82) is 0 Å². The van der Waals surface area contributed by atoms with Crippen LogP contribution in [0.3, 0.4) is 0 Å². The Balaban J connectivity index is 0.000000902. The van der Waals surface area contributed by atoms with E-state index in [9.17, 15) is 0 Å². The van der Waals surface area contributed by atoms with Crippen LogP contribution in [-0.4, -0.2) is 15.0 Å². The number of nitrogens with zero attached hydrogens (tertiary/aromatic N) is 2. The molecule has 16 heavy (non-hydrogen) atoms. The first kappa shape index (κ1) is 7.87. The van der Waals surface area contributed by atoms with E-state index in [1.807, 2.05) is 18.2 Å². The average Bonchev–Trinajstić information content (AvgIpc) is 2.83. The van der Waals surface area contributed by atoms with E-state index in [1.165, 1.54) is 0 Å². The zero-order valence-corrected chi connectivity index (χ0v) is 8.27. The fraction of sp³-hybridized carbons (Fsp3) is 0. The van der Waals surface area contributed by atoms with Gasteiger partial charge in [-0.2, -0.15) is 0 Å². The Labute approximate surface area is 91.4 Å². The first-order chi connectivity index (χ1) is 7.93. The first-order valence-electron chi connectivity index (χ1n) is 5.02. The van der Waals surface area contributed by atoms with Crippen molar-refractivity contribution in [2.45, 2.75) is 0 Å². The summed E-state index contributed by atoms with van der Waals surface area (Å²) in [4.78, 5) is 11.4. The lowest BCUT2D eigenvalue weighted by Crippen LogP contribution is -1.75. The number of hydrogen-bond acceptors (Lipinski definition) is 3. The van der Waals surface area contributed by atoms with Crippen molar-refractivity contribution in [1.82, 2.24) is 15.0 Å². The van der Waals surface area contributed by atoms with Crippen LogP contribution in [0.25, 0.3) is 33.1 Å². The lowest BCUT2D eigenvalue weighted by molar-refractivity contribution is 0.654. The molecule has 4 rings (SSSR count). The first-order valence-corrected chi connectivity index (χ1v) is 5.02. The van der Waals surface area contributed by atoms with Gasteiger partial charge in [0.05, 0.1) is 11.6 Å². The molecule has 0 radical (unpaired) electrons. The zero-order valence-electron chi connectivity index (χ0n) is 8.27. The average molecular weight is 211 g/mol. The molecule has 0 saturated carbocycles.